The highest BCUT2D eigenvalue weighted by Crippen LogP contribution is 2.51. The van der Waals surface area contributed by atoms with Crippen LogP contribution in [0.4, 0.5) is 21.2 Å². The summed E-state index contributed by atoms with van der Waals surface area (Å²) in [6, 6.07) is 5.22. The van der Waals surface area contributed by atoms with Gasteiger partial charge in [-0.05, 0) is 127 Å². The highest BCUT2D eigenvalue weighted by atomic mass is 35.5. The van der Waals surface area contributed by atoms with Gasteiger partial charge in [0.15, 0.2) is 0 Å². The molecule has 13 nitrogen and oxygen atoms in total. The number of nitrogens with one attached hydrogen (secondary N) is 2. The SMILES string of the molecule is CCc1cc2c(N3CCC4(CC(NC(=O)OC(C)(C)C)C4)C3)nc(Cl)nc2s1.CCc1cc2c(N3CCC4(CC(NC(=O)OC(C)(C)C)C4)C3)nc(OC)nc2s1. The Balaban J connectivity index is 0.000000174. The van der Waals surface area contributed by atoms with Gasteiger partial charge in [0.25, 0.3) is 0 Å². The van der Waals surface area contributed by atoms with Crippen molar-refractivity contribution >= 4 is 78.5 Å². The highest BCUT2D eigenvalue weighted by molar-refractivity contribution is 7.19. The van der Waals surface area contributed by atoms with Crippen LogP contribution in [-0.2, 0) is 22.3 Å². The molecule has 6 heterocycles. The molecule has 4 aromatic rings. The lowest BCUT2D eigenvalue weighted by Crippen LogP contribution is -2.52. The van der Waals surface area contributed by atoms with Crippen molar-refractivity contribution in [1.82, 2.24) is 30.6 Å². The van der Waals surface area contributed by atoms with Crippen LogP contribution in [0.1, 0.15) is 104 Å². The maximum Gasteiger partial charge on any atom is 0.407 e. The predicted molar refractivity (Wildman–Crippen MR) is 228 cm³/mol. The zero-order valence-corrected chi connectivity index (χ0v) is 37.1. The van der Waals surface area contributed by atoms with Gasteiger partial charge in [-0.2, -0.15) is 15.0 Å². The number of aromatic nitrogens is 4. The third kappa shape index (κ3) is 9.46. The molecule has 16 heteroatoms. The second-order valence-corrected chi connectivity index (χ2v) is 20.8. The maximum atomic E-state index is 12.0. The van der Waals surface area contributed by atoms with Crippen molar-refractivity contribution in [2.24, 2.45) is 10.8 Å². The van der Waals surface area contributed by atoms with Crippen molar-refractivity contribution in [2.45, 2.75) is 130 Å². The molecule has 8 rings (SSSR count). The number of hydrogen-bond donors (Lipinski definition) is 2. The number of alkyl carbamates (subject to hydrolysis) is 2. The number of fused-ring (bicyclic) bond motifs is 2. The van der Waals surface area contributed by atoms with Gasteiger partial charge in [-0.25, -0.2) is 14.6 Å². The van der Waals surface area contributed by atoms with Gasteiger partial charge in [0, 0.05) is 48.0 Å². The fraction of sp³-hybridized carbons (Fsp3) is 0.659. The molecule has 0 bridgehead atoms. The van der Waals surface area contributed by atoms with Gasteiger partial charge in [0.05, 0.1) is 17.9 Å². The van der Waals surface area contributed by atoms with Crippen LogP contribution in [0.3, 0.4) is 0 Å². The number of amides is 2. The van der Waals surface area contributed by atoms with E-state index in [-0.39, 0.29) is 35.1 Å². The van der Waals surface area contributed by atoms with Crippen LogP contribution in [0.5, 0.6) is 6.01 Å². The molecule has 2 saturated carbocycles. The molecule has 0 aromatic carbocycles. The largest absolute Gasteiger partial charge is 0.467 e. The van der Waals surface area contributed by atoms with Crippen molar-refractivity contribution in [3.63, 3.8) is 0 Å². The minimum absolute atomic E-state index is 0.191. The Morgan fingerprint density at radius 2 is 1.19 bits per heavy atom. The van der Waals surface area contributed by atoms with E-state index in [0.717, 1.165) is 110 Å². The summed E-state index contributed by atoms with van der Waals surface area (Å²) in [7, 11) is 1.61. The lowest BCUT2D eigenvalue weighted by atomic mass is 9.65. The summed E-state index contributed by atoms with van der Waals surface area (Å²) in [5, 5.41) is 8.55. The summed E-state index contributed by atoms with van der Waals surface area (Å²) < 4.78 is 16.1. The zero-order valence-electron chi connectivity index (χ0n) is 34.7. The molecule has 2 amide bonds. The van der Waals surface area contributed by atoms with E-state index in [2.05, 4.69) is 61.4 Å². The standard InChI is InChI=1S/C21H30N4O3S.C20H27ClN4O2S/c1-6-14-9-15-16(23-18(27-5)24-17(15)29-14)25-8-7-21(12-25)10-13(11-21)22-19(26)28-20(2,3)4;1-5-13-8-14-15(23-17(21)24-16(14)28-13)25-7-6-20(11-25)9-12(10-20)22-18(26)27-19(2,3)4/h9,13H,6-8,10-12H2,1-5H3,(H,22,26);8,12H,5-7,9-11H2,1-4H3,(H,22,26). The second-order valence-electron chi connectivity index (χ2n) is 18.3. The minimum Gasteiger partial charge on any atom is -0.467 e. The molecular weight excluding hydrogens is 784 g/mol. The Kier molecular flexibility index (Phi) is 11.5. The normalized spacial score (nSPS) is 24.3. The van der Waals surface area contributed by atoms with Gasteiger partial charge >= 0.3 is 18.2 Å². The van der Waals surface area contributed by atoms with Crippen molar-refractivity contribution in [2.75, 3.05) is 43.1 Å². The van der Waals surface area contributed by atoms with Crippen molar-refractivity contribution in [1.29, 1.82) is 0 Å². The summed E-state index contributed by atoms with van der Waals surface area (Å²) in [6.07, 6.45) is 7.48. The molecule has 2 saturated heterocycles. The van der Waals surface area contributed by atoms with Crippen molar-refractivity contribution < 1.29 is 23.8 Å². The van der Waals surface area contributed by atoms with E-state index >= 15 is 0 Å². The number of hydrogen-bond acceptors (Lipinski definition) is 13. The molecule has 0 atom stereocenters. The van der Waals surface area contributed by atoms with Gasteiger partial charge in [0.2, 0.25) is 5.28 Å². The van der Waals surface area contributed by atoms with E-state index in [0.29, 0.717) is 11.3 Å². The molecule has 4 aromatic heterocycles. The van der Waals surface area contributed by atoms with Crippen LogP contribution in [0.25, 0.3) is 20.4 Å². The van der Waals surface area contributed by atoms with E-state index in [4.69, 9.17) is 30.8 Å². The highest BCUT2D eigenvalue weighted by Gasteiger charge is 2.51. The first-order valence-corrected chi connectivity index (χ1v) is 22.2. The second kappa shape index (κ2) is 15.8. The third-order valence-corrected chi connectivity index (χ3v) is 13.8. The monoisotopic (exact) mass is 840 g/mol. The van der Waals surface area contributed by atoms with Gasteiger partial charge in [-0.15, -0.1) is 22.7 Å². The lowest BCUT2D eigenvalue weighted by molar-refractivity contribution is 0.0354. The molecule has 2 aliphatic carbocycles. The van der Waals surface area contributed by atoms with Crippen LogP contribution >= 0.6 is 34.3 Å². The third-order valence-electron chi connectivity index (χ3n) is 11.3. The number of carbonyl (C=O) groups is 2. The fourth-order valence-corrected chi connectivity index (χ4v) is 10.9. The Morgan fingerprint density at radius 3 is 1.61 bits per heavy atom. The summed E-state index contributed by atoms with van der Waals surface area (Å²) in [5.41, 5.74) is -0.447. The van der Waals surface area contributed by atoms with Crippen LogP contribution < -0.4 is 25.2 Å². The number of methoxy groups -OCH3 is 1. The molecule has 0 unspecified atom stereocenters. The Hall–Kier alpha value is -3.69. The summed E-state index contributed by atoms with van der Waals surface area (Å²) in [6.45, 7) is 19.4. The number of carbonyl (C=O) groups excluding carboxylic acids is 2. The number of aryl methyl sites for hydroxylation is 2. The topological polar surface area (TPSA) is 144 Å². The summed E-state index contributed by atoms with van der Waals surface area (Å²) in [4.78, 5) is 51.5. The molecule has 4 aliphatic rings. The molecule has 310 valence electrons. The Labute approximate surface area is 348 Å². The van der Waals surface area contributed by atoms with Gasteiger partial charge in [0.1, 0.15) is 32.5 Å². The van der Waals surface area contributed by atoms with Gasteiger partial charge in [-0.1, -0.05) is 13.8 Å². The van der Waals surface area contributed by atoms with E-state index in [1.807, 2.05) is 41.5 Å². The summed E-state index contributed by atoms with van der Waals surface area (Å²) in [5.74, 6) is 1.93. The molecule has 4 fully saturated rings. The maximum absolute atomic E-state index is 12.0. The Bertz CT molecular complexity index is 2120. The first-order chi connectivity index (χ1) is 26.9. The quantitative estimate of drug-likeness (QED) is 0.172. The van der Waals surface area contributed by atoms with E-state index in [9.17, 15) is 9.59 Å². The van der Waals surface area contributed by atoms with Crippen LogP contribution in [0.15, 0.2) is 12.1 Å². The number of halogens is 1. The zero-order chi connectivity index (χ0) is 40.9. The number of rotatable bonds is 7. The Morgan fingerprint density at radius 1 is 0.754 bits per heavy atom. The molecule has 2 N–H and O–H groups in total. The van der Waals surface area contributed by atoms with Crippen LogP contribution in [-0.4, -0.2) is 88.7 Å². The number of thiophene rings is 2. The molecule has 57 heavy (non-hydrogen) atoms. The van der Waals surface area contributed by atoms with E-state index < -0.39 is 11.2 Å². The summed E-state index contributed by atoms with van der Waals surface area (Å²) >= 11 is 9.61. The first-order valence-electron chi connectivity index (χ1n) is 20.2. The number of ether oxygens (including phenoxy) is 3. The number of nitrogens with zero attached hydrogens (tertiary/aromatic N) is 6. The van der Waals surface area contributed by atoms with Crippen molar-refractivity contribution in [3.05, 3.63) is 27.2 Å². The van der Waals surface area contributed by atoms with E-state index in [1.54, 1.807) is 29.8 Å². The molecule has 2 aliphatic heterocycles. The lowest BCUT2D eigenvalue weighted by Gasteiger charge is -2.45. The predicted octanol–water partition coefficient (Wildman–Crippen LogP) is 8.94. The van der Waals surface area contributed by atoms with E-state index in [1.165, 1.54) is 9.75 Å². The van der Waals surface area contributed by atoms with Gasteiger partial charge in [-0.3, -0.25) is 0 Å². The van der Waals surface area contributed by atoms with Gasteiger partial charge < -0.3 is 34.6 Å². The average Bonchev–Trinajstić information content (AvgIpc) is 3.90. The molecular formula is C41H57ClN8O5S2. The van der Waals surface area contributed by atoms with Crippen LogP contribution in [0, 0.1) is 10.8 Å². The average molecular weight is 842 g/mol. The molecule has 0 radical (unpaired) electrons. The van der Waals surface area contributed by atoms with Crippen LogP contribution in [0.2, 0.25) is 5.28 Å². The fourth-order valence-electron chi connectivity index (χ4n) is 8.81. The first kappa shape index (κ1) is 41.5. The molecule has 2 spiro atoms. The smallest absolute Gasteiger partial charge is 0.407 e. The van der Waals surface area contributed by atoms with Crippen molar-refractivity contribution in [3.8, 4) is 6.01 Å². The minimum atomic E-state index is -0.467. The number of anilines is 2.